The highest BCUT2D eigenvalue weighted by atomic mass is 16.5. The molecule has 1 saturated carbocycles. The second-order valence-corrected chi connectivity index (χ2v) is 11.7. The highest BCUT2D eigenvalue weighted by Gasteiger charge is 2.26. The van der Waals surface area contributed by atoms with E-state index in [1.807, 2.05) is 71.8 Å². The lowest BCUT2D eigenvalue weighted by atomic mass is 10.00. The average Bonchev–Trinajstić information content (AvgIpc) is 3.93. The molecule has 5 rings (SSSR count). The molecule has 1 atom stereocenters. The quantitative estimate of drug-likeness (QED) is 0.0860. The summed E-state index contributed by atoms with van der Waals surface area (Å²) in [5, 5.41) is 3.25. The molecular formula is C38H41N3O5. The normalized spacial score (nSPS) is 13.0. The molecule has 1 aliphatic carbocycles. The molecule has 1 aromatic heterocycles. The Bertz CT molecular complexity index is 1570. The molecule has 1 fully saturated rings. The second kappa shape index (κ2) is 16.4. The van der Waals surface area contributed by atoms with Crippen LogP contribution in [0.3, 0.4) is 0 Å². The molecule has 0 aliphatic heterocycles. The van der Waals surface area contributed by atoms with Crippen LogP contribution < -0.4 is 10.1 Å². The van der Waals surface area contributed by atoms with Crippen LogP contribution in [-0.4, -0.2) is 60.4 Å². The number of benzene rings is 3. The Kier molecular flexibility index (Phi) is 11.5. The first-order valence-electron chi connectivity index (χ1n) is 15.9. The fourth-order valence-corrected chi connectivity index (χ4v) is 5.36. The van der Waals surface area contributed by atoms with E-state index in [2.05, 4.69) is 10.3 Å². The summed E-state index contributed by atoms with van der Waals surface area (Å²) >= 11 is 0. The van der Waals surface area contributed by atoms with Crippen LogP contribution in [0.5, 0.6) is 5.75 Å². The summed E-state index contributed by atoms with van der Waals surface area (Å²) in [4.78, 5) is 45.1. The van der Waals surface area contributed by atoms with E-state index < -0.39 is 12.0 Å². The maximum absolute atomic E-state index is 13.2. The smallest absolute Gasteiger partial charge is 0.328 e. The van der Waals surface area contributed by atoms with Crippen molar-refractivity contribution in [2.75, 3.05) is 32.1 Å². The van der Waals surface area contributed by atoms with Crippen molar-refractivity contribution in [1.82, 2.24) is 9.88 Å². The van der Waals surface area contributed by atoms with E-state index in [1.165, 1.54) is 20.0 Å². The van der Waals surface area contributed by atoms with Gasteiger partial charge in [0.1, 0.15) is 11.8 Å². The minimum atomic E-state index is -0.699. The summed E-state index contributed by atoms with van der Waals surface area (Å²) in [5.41, 5.74) is 3.61. The maximum Gasteiger partial charge on any atom is 0.328 e. The predicted octanol–water partition coefficient (Wildman–Crippen LogP) is 6.15. The molecule has 1 aliphatic rings. The van der Waals surface area contributed by atoms with Crippen molar-refractivity contribution in [3.8, 4) is 5.75 Å². The summed E-state index contributed by atoms with van der Waals surface area (Å²) in [7, 11) is 1.36. The molecule has 0 spiro atoms. The number of ketones is 1. The van der Waals surface area contributed by atoms with Crippen LogP contribution in [-0.2, 0) is 27.2 Å². The van der Waals surface area contributed by atoms with Gasteiger partial charge in [0.15, 0.2) is 5.78 Å². The number of pyridine rings is 1. The van der Waals surface area contributed by atoms with E-state index in [1.54, 1.807) is 36.5 Å². The largest absolute Gasteiger partial charge is 0.494 e. The van der Waals surface area contributed by atoms with E-state index in [9.17, 15) is 14.4 Å². The Morgan fingerprint density at radius 2 is 1.67 bits per heavy atom. The summed E-state index contributed by atoms with van der Waals surface area (Å²) in [6.07, 6.45) is 8.23. The Balaban J connectivity index is 1.13. The van der Waals surface area contributed by atoms with Crippen molar-refractivity contribution in [2.45, 2.75) is 44.6 Å². The number of nitrogens with one attached hydrogen (secondary N) is 1. The van der Waals surface area contributed by atoms with Crippen molar-refractivity contribution >= 4 is 23.3 Å². The fraction of sp³-hybridized carbons (Fsp3) is 0.316. The molecule has 3 aromatic carbocycles. The number of ether oxygens (including phenoxy) is 2. The van der Waals surface area contributed by atoms with Crippen LogP contribution in [0.1, 0.15) is 52.7 Å². The van der Waals surface area contributed by atoms with Gasteiger partial charge in [-0.2, -0.15) is 0 Å². The first-order chi connectivity index (χ1) is 22.5. The molecule has 1 amide bonds. The van der Waals surface area contributed by atoms with Gasteiger partial charge in [0.25, 0.3) is 0 Å². The molecule has 1 N–H and O–H groups in total. The molecular weight excluding hydrogens is 578 g/mol. The maximum atomic E-state index is 13.2. The summed E-state index contributed by atoms with van der Waals surface area (Å²) < 4.78 is 11.1. The molecule has 8 heteroatoms. The fourth-order valence-electron chi connectivity index (χ4n) is 5.36. The lowest BCUT2D eigenvalue weighted by molar-refractivity contribution is -0.141. The molecule has 8 nitrogen and oxygen atoms in total. The van der Waals surface area contributed by atoms with Crippen molar-refractivity contribution in [3.63, 3.8) is 0 Å². The second-order valence-electron chi connectivity index (χ2n) is 11.7. The van der Waals surface area contributed by atoms with Crippen LogP contribution in [0.25, 0.3) is 0 Å². The number of nitrogens with zero attached hydrogens (tertiary/aromatic N) is 2. The third kappa shape index (κ3) is 9.51. The van der Waals surface area contributed by atoms with Gasteiger partial charge in [0.05, 0.1) is 13.7 Å². The van der Waals surface area contributed by atoms with Crippen LogP contribution in [0.15, 0.2) is 103 Å². The standard InChI is InChI=1S/C38H41N3O5/c1-45-38(44)35(40-34-13-6-5-12-33(34)37(43)31-10-3-2-4-11-31)25-28-16-19-32(20-17-28)46-24-8-23-41(27-30-14-15-30)36(42)21-18-29-9-7-22-39-26-29/h2-7,9-13,16-17,19-20,22,26,30,35,40H,8,14-15,18,21,23-25,27H2,1H3/t35-/m0/s1. The number of carbonyl (C=O) groups is 3. The minimum Gasteiger partial charge on any atom is -0.494 e. The Hall–Kier alpha value is -4.98. The number of esters is 1. The zero-order chi connectivity index (χ0) is 32.1. The van der Waals surface area contributed by atoms with Gasteiger partial charge in [-0.3, -0.25) is 14.6 Å². The number of methoxy groups -OCH3 is 1. The van der Waals surface area contributed by atoms with Gasteiger partial charge in [0, 0.05) is 55.1 Å². The van der Waals surface area contributed by atoms with Crippen molar-refractivity contribution in [2.24, 2.45) is 5.92 Å². The lowest BCUT2D eigenvalue weighted by Crippen LogP contribution is -2.34. The Labute approximate surface area is 270 Å². The Morgan fingerprint density at radius 1 is 0.913 bits per heavy atom. The monoisotopic (exact) mass is 619 g/mol. The van der Waals surface area contributed by atoms with E-state index in [0.29, 0.717) is 55.1 Å². The first-order valence-corrected chi connectivity index (χ1v) is 15.9. The number of rotatable bonds is 17. The number of carbonyl (C=O) groups excluding carboxylic acids is 3. The molecule has 1 heterocycles. The molecule has 4 aromatic rings. The molecule has 46 heavy (non-hydrogen) atoms. The zero-order valence-electron chi connectivity index (χ0n) is 26.3. The minimum absolute atomic E-state index is 0.126. The van der Waals surface area contributed by atoms with Gasteiger partial charge in [-0.05, 0) is 73.1 Å². The van der Waals surface area contributed by atoms with E-state index in [-0.39, 0.29) is 11.7 Å². The highest BCUT2D eigenvalue weighted by Crippen LogP contribution is 2.30. The SMILES string of the molecule is COC(=O)[C@H](Cc1ccc(OCCCN(CC2CC2)C(=O)CCc2cccnc2)cc1)Nc1ccccc1C(=O)c1ccccc1. The molecule has 0 saturated heterocycles. The summed E-state index contributed by atoms with van der Waals surface area (Å²) in [6.45, 7) is 1.98. The molecule has 0 bridgehead atoms. The molecule has 238 valence electrons. The zero-order valence-corrected chi connectivity index (χ0v) is 26.3. The van der Waals surface area contributed by atoms with Crippen LogP contribution in [0.4, 0.5) is 5.69 Å². The number of aryl methyl sites for hydroxylation is 1. The highest BCUT2D eigenvalue weighted by molar-refractivity contribution is 6.12. The predicted molar refractivity (Wildman–Crippen MR) is 178 cm³/mol. The van der Waals surface area contributed by atoms with Crippen LogP contribution >= 0.6 is 0 Å². The van der Waals surface area contributed by atoms with Crippen LogP contribution in [0, 0.1) is 5.92 Å². The van der Waals surface area contributed by atoms with Crippen molar-refractivity contribution in [1.29, 1.82) is 0 Å². The van der Waals surface area contributed by atoms with E-state index in [4.69, 9.17) is 9.47 Å². The molecule has 0 radical (unpaired) electrons. The number of hydrogen-bond acceptors (Lipinski definition) is 7. The summed E-state index contributed by atoms with van der Waals surface area (Å²) in [6, 6.07) is 27.1. The topological polar surface area (TPSA) is 97.8 Å². The summed E-state index contributed by atoms with van der Waals surface area (Å²) in [5.74, 6) is 0.978. The van der Waals surface area contributed by atoms with E-state index >= 15 is 0 Å². The van der Waals surface area contributed by atoms with Gasteiger partial charge < -0.3 is 19.7 Å². The third-order valence-electron chi connectivity index (χ3n) is 8.11. The average molecular weight is 620 g/mol. The first kappa shape index (κ1) is 32.4. The van der Waals surface area contributed by atoms with Gasteiger partial charge in [-0.15, -0.1) is 0 Å². The van der Waals surface area contributed by atoms with Gasteiger partial charge in [-0.1, -0.05) is 60.7 Å². The Morgan fingerprint density at radius 3 is 2.39 bits per heavy atom. The molecule has 0 unspecified atom stereocenters. The van der Waals surface area contributed by atoms with Crippen molar-refractivity contribution in [3.05, 3.63) is 126 Å². The lowest BCUT2D eigenvalue weighted by Gasteiger charge is -2.23. The van der Waals surface area contributed by atoms with Gasteiger partial charge in [0.2, 0.25) is 5.91 Å². The number of aromatic nitrogens is 1. The number of amides is 1. The number of para-hydroxylation sites is 1. The number of anilines is 1. The van der Waals surface area contributed by atoms with Crippen molar-refractivity contribution < 1.29 is 23.9 Å². The van der Waals surface area contributed by atoms with Crippen LogP contribution in [0.2, 0.25) is 0 Å². The third-order valence-corrected chi connectivity index (χ3v) is 8.11. The van der Waals surface area contributed by atoms with E-state index in [0.717, 1.165) is 29.8 Å². The van der Waals surface area contributed by atoms with Gasteiger partial charge >= 0.3 is 5.97 Å². The number of hydrogen-bond donors (Lipinski definition) is 1. The van der Waals surface area contributed by atoms with Gasteiger partial charge in [-0.25, -0.2) is 4.79 Å².